The molecule has 6 nitrogen and oxygen atoms in total. The van der Waals surface area contributed by atoms with Crippen LogP contribution in [-0.2, 0) is 16.1 Å². The number of hydrogen-bond donors (Lipinski definition) is 1. The van der Waals surface area contributed by atoms with Gasteiger partial charge in [0.05, 0.1) is 18.5 Å². The largest absolute Gasteiger partial charge is 0.465 e. The van der Waals surface area contributed by atoms with Crippen LogP contribution in [0.15, 0.2) is 23.4 Å². The van der Waals surface area contributed by atoms with Gasteiger partial charge in [-0.1, -0.05) is 0 Å². The summed E-state index contributed by atoms with van der Waals surface area (Å²) in [4.78, 5) is 29.4. The molecule has 0 radical (unpaired) electrons. The number of nitrogens with zero attached hydrogens (tertiary/aromatic N) is 2. The van der Waals surface area contributed by atoms with Crippen molar-refractivity contribution in [3.63, 3.8) is 0 Å². The highest BCUT2D eigenvalue weighted by Gasteiger charge is 2.09. The van der Waals surface area contributed by atoms with Gasteiger partial charge in [-0.25, -0.2) is 4.98 Å². The Bertz CT molecular complexity index is 570. The van der Waals surface area contributed by atoms with Gasteiger partial charge in [0, 0.05) is 6.20 Å². The van der Waals surface area contributed by atoms with Gasteiger partial charge in [-0.3, -0.25) is 9.59 Å². The molecule has 0 bridgehead atoms. The molecule has 0 spiro atoms. The summed E-state index contributed by atoms with van der Waals surface area (Å²) in [5.41, 5.74) is 0.683. The van der Waals surface area contributed by atoms with Crippen molar-refractivity contribution in [2.24, 2.45) is 0 Å². The first-order valence-electron chi connectivity index (χ1n) is 4.90. The maximum absolute atomic E-state index is 11.5. The molecule has 84 valence electrons. The zero-order chi connectivity index (χ0) is 11.5. The van der Waals surface area contributed by atoms with Crippen molar-refractivity contribution < 1.29 is 9.53 Å². The molecule has 0 saturated carbocycles. The van der Waals surface area contributed by atoms with Crippen LogP contribution in [0.25, 0.3) is 11.0 Å². The number of nitrogens with one attached hydrogen (secondary N) is 1. The number of fused-ring (bicyclic) bond motifs is 1. The summed E-state index contributed by atoms with van der Waals surface area (Å²) < 4.78 is 6.28. The number of carbonyl (C=O) groups is 1. The average Bonchev–Trinajstić information content (AvgIpc) is 2.63. The Morgan fingerprint density at radius 3 is 3.19 bits per heavy atom. The molecule has 0 saturated heterocycles. The van der Waals surface area contributed by atoms with Crippen molar-refractivity contribution in [3.8, 4) is 0 Å². The normalized spacial score (nSPS) is 10.6. The molecule has 0 aliphatic rings. The van der Waals surface area contributed by atoms with Crippen molar-refractivity contribution in [3.05, 3.63) is 28.9 Å². The van der Waals surface area contributed by atoms with E-state index >= 15 is 0 Å². The molecule has 0 aromatic carbocycles. The van der Waals surface area contributed by atoms with E-state index in [0.29, 0.717) is 17.6 Å². The molecule has 2 rings (SSSR count). The maximum Gasteiger partial charge on any atom is 0.326 e. The highest BCUT2D eigenvalue weighted by molar-refractivity contribution is 5.77. The second-order valence-corrected chi connectivity index (χ2v) is 3.22. The van der Waals surface area contributed by atoms with Gasteiger partial charge in [0.25, 0.3) is 5.56 Å². The van der Waals surface area contributed by atoms with Gasteiger partial charge >= 0.3 is 5.97 Å². The summed E-state index contributed by atoms with van der Waals surface area (Å²) in [6, 6.07) is 1.68. The van der Waals surface area contributed by atoms with Crippen LogP contribution in [0.1, 0.15) is 6.92 Å². The molecule has 1 N–H and O–H groups in total. The SMILES string of the molecule is CCOC(=O)Cn1cnc2cc[nH]c(=O)c21. The number of aromatic nitrogens is 3. The Morgan fingerprint density at radius 1 is 1.62 bits per heavy atom. The van der Waals surface area contributed by atoms with E-state index in [4.69, 9.17) is 4.74 Å². The minimum atomic E-state index is -0.384. The number of imidazole rings is 1. The molecule has 0 unspecified atom stereocenters. The van der Waals surface area contributed by atoms with E-state index in [1.165, 1.54) is 17.1 Å². The van der Waals surface area contributed by atoms with Crippen molar-refractivity contribution >= 4 is 17.0 Å². The average molecular weight is 221 g/mol. The fraction of sp³-hybridized carbons (Fsp3) is 0.300. The van der Waals surface area contributed by atoms with Crippen molar-refractivity contribution in [1.82, 2.24) is 14.5 Å². The van der Waals surface area contributed by atoms with E-state index in [1.807, 2.05) is 0 Å². The summed E-state index contributed by atoms with van der Waals surface area (Å²) in [6.45, 7) is 2.05. The minimum absolute atomic E-state index is 0.00255. The van der Waals surface area contributed by atoms with Crippen LogP contribution in [0, 0.1) is 0 Å². The van der Waals surface area contributed by atoms with Crippen LogP contribution in [0.3, 0.4) is 0 Å². The third kappa shape index (κ3) is 1.81. The zero-order valence-corrected chi connectivity index (χ0v) is 8.77. The second kappa shape index (κ2) is 4.18. The van der Waals surface area contributed by atoms with E-state index in [0.717, 1.165) is 0 Å². The summed E-state index contributed by atoms with van der Waals surface area (Å²) >= 11 is 0. The van der Waals surface area contributed by atoms with E-state index in [2.05, 4.69) is 9.97 Å². The fourth-order valence-electron chi connectivity index (χ4n) is 1.50. The van der Waals surface area contributed by atoms with Crippen LogP contribution in [0.4, 0.5) is 0 Å². The van der Waals surface area contributed by atoms with E-state index in [9.17, 15) is 9.59 Å². The molecule has 0 aliphatic heterocycles. The summed E-state index contributed by atoms with van der Waals surface area (Å²) in [7, 11) is 0. The van der Waals surface area contributed by atoms with E-state index in [-0.39, 0.29) is 18.1 Å². The van der Waals surface area contributed by atoms with Gasteiger partial charge in [-0.2, -0.15) is 0 Å². The molecule has 16 heavy (non-hydrogen) atoms. The fourth-order valence-corrected chi connectivity index (χ4v) is 1.50. The first-order valence-corrected chi connectivity index (χ1v) is 4.90. The number of aromatic amines is 1. The lowest BCUT2D eigenvalue weighted by atomic mass is 10.4. The van der Waals surface area contributed by atoms with Gasteiger partial charge in [-0.15, -0.1) is 0 Å². The lowest BCUT2D eigenvalue weighted by Crippen LogP contribution is -2.16. The summed E-state index contributed by atoms with van der Waals surface area (Å²) in [5.74, 6) is -0.384. The van der Waals surface area contributed by atoms with Crippen LogP contribution >= 0.6 is 0 Å². The molecule has 6 heteroatoms. The summed E-state index contributed by atoms with van der Waals surface area (Å²) in [6.07, 6.45) is 2.98. The van der Waals surface area contributed by atoms with Gasteiger partial charge < -0.3 is 14.3 Å². The Hall–Kier alpha value is -2.11. The van der Waals surface area contributed by atoms with Crippen molar-refractivity contribution in [2.45, 2.75) is 13.5 Å². The third-order valence-corrected chi connectivity index (χ3v) is 2.14. The number of ether oxygens (including phenoxy) is 1. The molecular formula is C10H11N3O3. The van der Waals surface area contributed by atoms with Crippen LogP contribution in [0.5, 0.6) is 0 Å². The topological polar surface area (TPSA) is 77.0 Å². The first-order chi connectivity index (χ1) is 7.72. The predicted molar refractivity (Wildman–Crippen MR) is 57.0 cm³/mol. The predicted octanol–water partition coefficient (Wildman–Crippen LogP) is 0.288. The molecule has 2 aromatic heterocycles. The monoisotopic (exact) mass is 221 g/mol. The number of H-pyrrole nitrogens is 1. The maximum atomic E-state index is 11.5. The summed E-state index contributed by atoms with van der Waals surface area (Å²) in [5, 5.41) is 0. The van der Waals surface area contributed by atoms with Crippen LogP contribution in [0.2, 0.25) is 0 Å². The second-order valence-electron chi connectivity index (χ2n) is 3.22. The Balaban J connectivity index is 2.38. The Kier molecular flexibility index (Phi) is 2.72. The van der Waals surface area contributed by atoms with Crippen molar-refractivity contribution in [2.75, 3.05) is 6.61 Å². The molecular weight excluding hydrogens is 210 g/mol. The van der Waals surface area contributed by atoms with E-state index in [1.54, 1.807) is 13.0 Å². The minimum Gasteiger partial charge on any atom is -0.465 e. The Morgan fingerprint density at radius 2 is 2.44 bits per heavy atom. The lowest BCUT2D eigenvalue weighted by Gasteiger charge is -2.02. The molecule has 2 heterocycles. The molecule has 0 atom stereocenters. The highest BCUT2D eigenvalue weighted by Crippen LogP contribution is 2.06. The first kappa shape index (κ1) is 10.4. The number of esters is 1. The number of pyridine rings is 1. The smallest absolute Gasteiger partial charge is 0.326 e. The van der Waals surface area contributed by atoms with Gasteiger partial charge in [0.2, 0.25) is 0 Å². The highest BCUT2D eigenvalue weighted by atomic mass is 16.5. The quantitative estimate of drug-likeness (QED) is 0.755. The van der Waals surface area contributed by atoms with Gasteiger partial charge in [0.15, 0.2) is 0 Å². The lowest BCUT2D eigenvalue weighted by molar-refractivity contribution is -0.143. The number of carbonyl (C=O) groups excluding carboxylic acids is 1. The third-order valence-electron chi connectivity index (χ3n) is 2.14. The molecule has 0 aliphatic carbocycles. The standard InChI is InChI=1S/C10H11N3O3/c1-2-16-8(14)5-13-6-12-7-3-4-11-10(15)9(7)13/h3-4,6H,2,5H2,1H3,(H,11,15). The van der Waals surface area contributed by atoms with Crippen LogP contribution in [-0.4, -0.2) is 27.1 Å². The number of hydrogen-bond acceptors (Lipinski definition) is 4. The van der Waals surface area contributed by atoms with Gasteiger partial charge in [-0.05, 0) is 13.0 Å². The van der Waals surface area contributed by atoms with E-state index < -0.39 is 0 Å². The number of rotatable bonds is 3. The van der Waals surface area contributed by atoms with Crippen LogP contribution < -0.4 is 5.56 Å². The molecule has 2 aromatic rings. The zero-order valence-electron chi connectivity index (χ0n) is 8.77. The molecule has 0 fully saturated rings. The Labute approximate surface area is 90.9 Å². The molecule has 0 amide bonds. The van der Waals surface area contributed by atoms with Gasteiger partial charge in [0.1, 0.15) is 12.1 Å². The van der Waals surface area contributed by atoms with Crippen molar-refractivity contribution in [1.29, 1.82) is 0 Å².